The van der Waals surface area contributed by atoms with Gasteiger partial charge in [-0.05, 0) is 30.2 Å². The van der Waals surface area contributed by atoms with Crippen LogP contribution in [-0.2, 0) is 12.8 Å². The number of allylic oxidation sites excluding steroid dienone is 3. The number of anilines is 1. The standard InChI is InChI=1S/C20H20ClF4N3/c1-4-7-16-13(9-6-10-26-16)11-17-14(21)12-15(22)19(27-17)28(3)18(8-5-2)20(23,24)25/h5-6,8-10,12H,2,4,7,11H2,1,3H3/b18-8-. The molecular weight excluding hydrogens is 394 g/mol. The number of aromatic nitrogens is 2. The Morgan fingerprint density at radius 3 is 2.64 bits per heavy atom. The zero-order valence-corrected chi connectivity index (χ0v) is 16.3. The van der Waals surface area contributed by atoms with E-state index in [4.69, 9.17) is 11.6 Å². The van der Waals surface area contributed by atoms with Crippen molar-refractivity contribution in [1.82, 2.24) is 9.97 Å². The summed E-state index contributed by atoms with van der Waals surface area (Å²) in [6, 6.07) is 4.59. The van der Waals surface area contributed by atoms with E-state index in [0.717, 1.165) is 49.4 Å². The number of pyridine rings is 2. The summed E-state index contributed by atoms with van der Waals surface area (Å²) in [5.74, 6) is -1.42. The van der Waals surface area contributed by atoms with E-state index in [1.54, 1.807) is 12.3 Å². The Labute approximate surface area is 166 Å². The van der Waals surface area contributed by atoms with Gasteiger partial charge in [0, 0.05) is 25.4 Å². The second-order valence-electron chi connectivity index (χ2n) is 6.10. The number of halogens is 5. The Bertz CT molecular complexity index is 878. The minimum atomic E-state index is -4.70. The van der Waals surface area contributed by atoms with Crippen LogP contribution in [0.25, 0.3) is 0 Å². The molecule has 2 aromatic rings. The van der Waals surface area contributed by atoms with E-state index in [2.05, 4.69) is 16.5 Å². The van der Waals surface area contributed by atoms with Crippen LogP contribution in [0.4, 0.5) is 23.4 Å². The van der Waals surface area contributed by atoms with Crippen LogP contribution in [0.1, 0.15) is 30.3 Å². The van der Waals surface area contributed by atoms with Gasteiger partial charge in [-0.2, -0.15) is 13.2 Å². The molecule has 0 fully saturated rings. The molecule has 0 aliphatic heterocycles. The zero-order valence-electron chi connectivity index (χ0n) is 15.5. The molecule has 150 valence electrons. The van der Waals surface area contributed by atoms with Gasteiger partial charge in [-0.1, -0.05) is 43.7 Å². The number of alkyl halides is 3. The third-order valence-electron chi connectivity index (χ3n) is 4.06. The van der Waals surface area contributed by atoms with Gasteiger partial charge >= 0.3 is 6.18 Å². The SMILES string of the molecule is C=C/C=C(\N(C)c1nc(Cc2cccnc2CCC)c(Cl)cc1F)C(F)(F)F. The fourth-order valence-corrected chi connectivity index (χ4v) is 2.95. The zero-order chi connectivity index (χ0) is 20.9. The van der Waals surface area contributed by atoms with Crippen molar-refractivity contribution in [2.75, 3.05) is 11.9 Å². The lowest BCUT2D eigenvalue weighted by molar-refractivity contribution is -0.0930. The number of hydrogen-bond donors (Lipinski definition) is 0. The molecule has 0 saturated heterocycles. The van der Waals surface area contributed by atoms with Crippen LogP contribution >= 0.6 is 11.6 Å². The van der Waals surface area contributed by atoms with Crippen LogP contribution in [-0.4, -0.2) is 23.2 Å². The quantitative estimate of drug-likeness (QED) is 0.419. The third kappa shape index (κ3) is 5.10. The average Bonchev–Trinajstić information content (AvgIpc) is 2.62. The Hall–Kier alpha value is -2.41. The van der Waals surface area contributed by atoms with Gasteiger partial charge < -0.3 is 4.90 Å². The van der Waals surface area contributed by atoms with E-state index < -0.39 is 23.5 Å². The first-order valence-corrected chi connectivity index (χ1v) is 8.98. The highest BCUT2D eigenvalue weighted by molar-refractivity contribution is 6.31. The van der Waals surface area contributed by atoms with Gasteiger partial charge in [0.25, 0.3) is 0 Å². The monoisotopic (exact) mass is 413 g/mol. The first-order chi connectivity index (χ1) is 13.2. The lowest BCUT2D eigenvalue weighted by Crippen LogP contribution is -2.30. The van der Waals surface area contributed by atoms with Crippen LogP contribution in [0.15, 0.2) is 48.8 Å². The molecule has 0 spiro atoms. The fraction of sp³-hybridized carbons (Fsp3) is 0.300. The molecule has 8 heteroatoms. The molecule has 0 aliphatic rings. The summed E-state index contributed by atoms with van der Waals surface area (Å²) in [4.78, 5) is 9.08. The molecule has 0 N–H and O–H groups in total. The molecule has 0 aliphatic carbocycles. The van der Waals surface area contributed by atoms with Gasteiger partial charge in [0.05, 0.1) is 10.7 Å². The second kappa shape index (κ2) is 9.19. The molecule has 0 bridgehead atoms. The number of nitrogens with zero attached hydrogens (tertiary/aromatic N) is 3. The minimum Gasteiger partial charge on any atom is -0.323 e. The molecule has 2 rings (SSSR count). The summed E-state index contributed by atoms with van der Waals surface area (Å²) in [5, 5.41) is 0.0437. The maximum Gasteiger partial charge on any atom is 0.431 e. The molecule has 0 aromatic carbocycles. The number of aryl methyl sites for hydroxylation is 1. The van der Waals surface area contributed by atoms with E-state index in [1.165, 1.54) is 0 Å². The number of rotatable bonds is 7. The Kier molecular flexibility index (Phi) is 7.18. The van der Waals surface area contributed by atoms with E-state index in [0.29, 0.717) is 4.90 Å². The normalized spacial score (nSPS) is 12.2. The van der Waals surface area contributed by atoms with Crippen LogP contribution in [0.5, 0.6) is 0 Å². The van der Waals surface area contributed by atoms with Crippen molar-refractivity contribution in [2.24, 2.45) is 0 Å². The molecule has 3 nitrogen and oxygen atoms in total. The van der Waals surface area contributed by atoms with E-state index in [-0.39, 0.29) is 17.1 Å². The largest absolute Gasteiger partial charge is 0.431 e. The summed E-state index contributed by atoms with van der Waals surface area (Å²) in [5.41, 5.74) is 0.881. The van der Waals surface area contributed by atoms with Gasteiger partial charge in [-0.15, -0.1) is 0 Å². The molecule has 0 atom stereocenters. The Balaban J connectivity index is 2.48. The van der Waals surface area contributed by atoms with Crippen molar-refractivity contribution in [3.05, 3.63) is 76.6 Å². The van der Waals surface area contributed by atoms with Crippen LogP contribution < -0.4 is 4.90 Å². The van der Waals surface area contributed by atoms with Crippen LogP contribution in [0.2, 0.25) is 5.02 Å². The highest BCUT2D eigenvalue weighted by atomic mass is 35.5. The summed E-state index contributed by atoms with van der Waals surface area (Å²) < 4.78 is 54.3. The van der Waals surface area contributed by atoms with Gasteiger partial charge in [-0.25, -0.2) is 9.37 Å². The first-order valence-electron chi connectivity index (χ1n) is 8.60. The van der Waals surface area contributed by atoms with Crippen molar-refractivity contribution in [3.63, 3.8) is 0 Å². The predicted octanol–water partition coefficient (Wildman–Crippen LogP) is 5.88. The second-order valence-corrected chi connectivity index (χ2v) is 6.51. The molecule has 28 heavy (non-hydrogen) atoms. The fourth-order valence-electron chi connectivity index (χ4n) is 2.75. The van der Waals surface area contributed by atoms with Crippen molar-refractivity contribution in [3.8, 4) is 0 Å². The molecule has 2 aromatic heterocycles. The molecule has 0 amide bonds. The van der Waals surface area contributed by atoms with Gasteiger partial charge in [0.2, 0.25) is 0 Å². The lowest BCUT2D eigenvalue weighted by Gasteiger charge is -2.24. The highest BCUT2D eigenvalue weighted by Crippen LogP contribution is 2.33. The maximum atomic E-state index is 14.4. The van der Waals surface area contributed by atoms with Gasteiger partial charge in [0.1, 0.15) is 5.70 Å². The molecular formula is C20H20ClF4N3. The minimum absolute atomic E-state index is 0.0437. The summed E-state index contributed by atoms with van der Waals surface area (Å²) in [6.45, 7) is 5.30. The van der Waals surface area contributed by atoms with Crippen molar-refractivity contribution < 1.29 is 17.6 Å². The Morgan fingerprint density at radius 1 is 1.32 bits per heavy atom. The third-order valence-corrected chi connectivity index (χ3v) is 4.39. The topological polar surface area (TPSA) is 29.0 Å². The van der Waals surface area contributed by atoms with Crippen molar-refractivity contribution in [2.45, 2.75) is 32.4 Å². The van der Waals surface area contributed by atoms with Crippen LogP contribution in [0, 0.1) is 5.82 Å². The predicted molar refractivity (Wildman–Crippen MR) is 103 cm³/mol. The van der Waals surface area contributed by atoms with Gasteiger partial charge in [-0.3, -0.25) is 4.98 Å². The average molecular weight is 414 g/mol. The summed E-state index contributed by atoms with van der Waals surface area (Å²) in [7, 11) is 1.10. The maximum absolute atomic E-state index is 14.4. The van der Waals surface area contributed by atoms with E-state index in [9.17, 15) is 17.6 Å². The molecule has 2 heterocycles. The van der Waals surface area contributed by atoms with Gasteiger partial charge in [0.15, 0.2) is 11.6 Å². The van der Waals surface area contributed by atoms with Crippen molar-refractivity contribution in [1.29, 1.82) is 0 Å². The molecule has 0 unspecified atom stereocenters. The molecule has 0 radical (unpaired) electrons. The Morgan fingerprint density at radius 2 is 2.04 bits per heavy atom. The molecule has 0 saturated carbocycles. The number of hydrogen-bond acceptors (Lipinski definition) is 3. The highest BCUT2D eigenvalue weighted by Gasteiger charge is 2.37. The summed E-state index contributed by atoms with van der Waals surface area (Å²) in [6.07, 6.45) is 0.565. The smallest absolute Gasteiger partial charge is 0.323 e. The lowest BCUT2D eigenvalue weighted by atomic mass is 10.0. The van der Waals surface area contributed by atoms with E-state index >= 15 is 0 Å². The van der Waals surface area contributed by atoms with E-state index in [1.807, 2.05) is 13.0 Å². The first kappa shape index (κ1) is 21.9. The van der Waals surface area contributed by atoms with Crippen LogP contribution in [0.3, 0.4) is 0 Å². The summed E-state index contributed by atoms with van der Waals surface area (Å²) >= 11 is 6.12. The van der Waals surface area contributed by atoms with Crippen molar-refractivity contribution >= 4 is 17.4 Å².